The quantitative estimate of drug-likeness (QED) is 0.786. The van der Waals surface area contributed by atoms with Crippen LogP contribution in [-0.4, -0.2) is 18.8 Å². The number of hydrogen-bond donors (Lipinski definition) is 1. The molecule has 0 aromatic heterocycles. The molecule has 1 aromatic carbocycles. The van der Waals surface area contributed by atoms with E-state index in [-0.39, 0.29) is 6.61 Å². The first-order valence-corrected chi connectivity index (χ1v) is 6.60. The van der Waals surface area contributed by atoms with Crippen molar-refractivity contribution in [2.24, 2.45) is 0 Å². The highest BCUT2D eigenvalue weighted by Crippen LogP contribution is 2.12. The highest BCUT2D eigenvalue weighted by atomic mass is 16.5. The SMILES string of the molecule is CC.CC.COc1ccc(CCCCO)cc1. The summed E-state index contributed by atoms with van der Waals surface area (Å²) in [5.41, 5.74) is 1.30. The van der Waals surface area contributed by atoms with E-state index in [2.05, 4.69) is 12.1 Å². The summed E-state index contributed by atoms with van der Waals surface area (Å²) >= 11 is 0. The smallest absolute Gasteiger partial charge is 0.118 e. The number of rotatable bonds is 5. The number of aryl methyl sites for hydroxylation is 1. The molecular weight excluding hydrogens is 212 g/mol. The van der Waals surface area contributed by atoms with Crippen molar-refractivity contribution in [3.8, 4) is 5.75 Å². The van der Waals surface area contributed by atoms with Crippen molar-refractivity contribution >= 4 is 0 Å². The van der Waals surface area contributed by atoms with Crippen molar-refractivity contribution in [3.05, 3.63) is 29.8 Å². The first-order chi connectivity index (χ1) is 8.36. The Hall–Kier alpha value is -1.02. The van der Waals surface area contributed by atoms with Gasteiger partial charge in [-0.1, -0.05) is 39.8 Å². The van der Waals surface area contributed by atoms with Crippen LogP contribution in [-0.2, 0) is 6.42 Å². The van der Waals surface area contributed by atoms with E-state index in [1.165, 1.54) is 5.56 Å². The van der Waals surface area contributed by atoms with Gasteiger partial charge in [0.15, 0.2) is 0 Å². The minimum absolute atomic E-state index is 0.288. The van der Waals surface area contributed by atoms with E-state index in [0.29, 0.717) is 0 Å². The van der Waals surface area contributed by atoms with Crippen molar-refractivity contribution in [3.63, 3.8) is 0 Å². The van der Waals surface area contributed by atoms with Gasteiger partial charge in [0.2, 0.25) is 0 Å². The van der Waals surface area contributed by atoms with Gasteiger partial charge in [0, 0.05) is 6.61 Å². The molecule has 2 heteroatoms. The lowest BCUT2D eigenvalue weighted by molar-refractivity contribution is 0.284. The number of aliphatic hydroxyl groups is 1. The fraction of sp³-hybridized carbons (Fsp3) is 0.600. The van der Waals surface area contributed by atoms with Crippen molar-refractivity contribution in [1.29, 1.82) is 0 Å². The van der Waals surface area contributed by atoms with Crippen molar-refractivity contribution in [2.45, 2.75) is 47.0 Å². The van der Waals surface area contributed by atoms with Gasteiger partial charge in [-0.25, -0.2) is 0 Å². The number of benzene rings is 1. The van der Waals surface area contributed by atoms with Crippen LogP contribution in [0.1, 0.15) is 46.1 Å². The van der Waals surface area contributed by atoms with E-state index in [9.17, 15) is 0 Å². The van der Waals surface area contributed by atoms with E-state index < -0.39 is 0 Å². The van der Waals surface area contributed by atoms with Gasteiger partial charge in [-0.05, 0) is 37.0 Å². The molecule has 0 saturated heterocycles. The van der Waals surface area contributed by atoms with Crippen LogP contribution in [0.4, 0.5) is 0 Å². The minimum Gasteiger partial charge on any atom is -0.497 e. The third kappa shape index (κ3) is 9.88. The average molecular weight is 240 g/mol. The summed E-state index contributed by atoms with van der Waals surface area (Å²) in [4.78, 5) is 0. The Labute approximate surface area is 107 Å². The summed E-state index contributed by atoms with van der Waals surface area (Å²) in [5.74, 6) is 0.894. The maximum absolute atomic E-state index is 8.61. The van der Waals surface area contributed by atoms with Crippen LogP contribution in [0.25, 0.3) is 0 Å². The fourth-order valence-corrected chi connectivity index (χ4v) is 1.23. The van der Waals surface area contributed by atoms with Gasteiger partial charge in [-0.2, -0.15) is 0 Å². The summed E-state index contributed by atoms with van der Waals surface area (Å²) < 4.78 is 5.05. The van der Waals surface area contributed by atoms with E-state index >= 15 is 0 Å². The second-order valence-electron chi connectivity index (χ2n) is 3.03. The molecule has 17 heavy (non-hydrogen) atoms. The highest BCUT2D eigenvalue weighted by molar-refractivity contribution is 5.27. The number of hydrogen-bond acceptors (Lipinski definition) is 2. The maximum atomic E-state index is 8.61. The molecular formula is C15H28O2. The van der Waals surface area contributed by atoms with Crippen LogP contribution in [0, 0.1) is 0 Å². The standard InChI is InChI=1S/C11H16O2.2C2H6/c1-13-11-7-5-10(6-8-11)4-2-3-9-12;2*1-2/h5-8,12H,2-4,9H2,1H3;2*1-2H3. The molecule has 0 atom stereocenters. The highest BCUT2D eigenvalue weighted by Gasteiger charge is 1.93. The molecule has 1 N–H and O–H groups in total. The Morgan fingerprint density at radius 2 is 1.47 bits per heavy atom. The van der Waals surface area contributed by atoms with Gasteiger partial charge >= 0.3 is 0 Å². The zero-order chi connectivity index (χ0) is 13.5. The van der Waals surface area contributed by atoms with Crippen molar-refractivity contribution < 1.29 is 9.84 Å². The van der Waals surface area contributed by atoms with Crippen molar-refractivity contribution in [2.75, 3.05) is 13.7 Å². The lowest BCUT2D eigenvalue weighted by atomic mass is 10.1. The van der Waals surface area contributed by atoms with Gasteiger partial charge in [-0.15, -0.1) is 0 Å². The van der Waals surface area contributed by atoms with Crippen LogP contribution < -0.4 is 4.74 Å². The van der Waals surface area contributed by atoms with Crippen LogP contribution >= 0.6 is 0 Å². The normalized spacial score (nSPS) is 8.35. The van der Waals surface area contributed by atoms with Gasteiger partial charge < -0.3 is 9.84 Å². The van der Waals surface area contributed by atoms with Crippen LogP contribution in [0.3, 0.4) is 0 Å². The molecule has 0 saturated carbocycles. The molecule has 0 aliphatic rings. The summed E-state index contributed by atoms with van der Waals surface area (Å²) in [6.45, 7) is 8.29. The molecule has 2 nitrogen and oxygen atoms in total. The monoisotopic (exact) mass is 240 g/mol. The average Bonchev–Trinajstić information content (AvgIpc) is 2.44. The summed E-state index contributed by atoms with van der Waals surface area (Å²) in [6.07, 6.45) is 2.96. The molecule has 0 amide bonds. The Bertz CT molecular complexity index is 229. The van der Waals surface area contributed by atoms with Crippen LogP contribution in [0.5, 0.6) is 5.75 Å². The van der Waals surface area contributed by atoms with Gasteiger partial charge in [0.05, 0.1) is 7.11 Å². The second kappa shape index (κ2) is 15.0. The van der Waals surface area contributed by atoms with Crippen LogP contribution in [0.2, 0.25) is 0 Å². The summed E-state index contributed by atoms with van der Waals surface area (Å²) in [5, 5.41) is 8.61. The maximum Gasteiger partial charge on any atom is 0.118 e. The van der Waals surface area contributed by atoms with E-state index in [1.54, 1.807) is 7.11 Å². The summed E-state index contributed by atoms with van der Waals surface area (Å²) in [7, 11) is 1.67. The predicted octanol–water partition coefficient (Wildman–Crippen LogP) is 4.06. The molecule has 1 aromatic rings. The van der Waals surface area contributed by atoms with Gasteiger partial charge in [0.1, 0.15) is 5.75 Å². The molecule has 0 heterocycles. The molecule has 0 spiro atoms. The fourth-order valence-electron chi connectivity index (χ4n) is 1.23. The number of methoxy groups -OCH3 is 1. The Morgan fingerprint density at radius 1 is 0.941 bits per heavy atom. The molecule has 0 fully saturated rings. The lowest BCUT2D eigenvalue weighted by Gasteiger charge is -2.02. The number of aliphatic hydroxyl groups excluding tert-OH is 1. The third-order valence-electron chi connectivity index (χ3n) is 2.03. The molecule has 100 valence electrons. The zero-order valence-electron chi connectivity index (χ0n) is 12.0. The third-order valence-corrected chi connectivity index (χ3v) is 2.03. The van der Waals surface area contributed by atoms with Gasteiger partial charge in [-0.3, -0.25) is 0 Å². The van der Waals surface area contributed by atoms with E-state index in [4.69, 9.17) is 9.84 Å². The number of unbranched alkanes of at least 4 members (excludes halogenated alkanes) is 1. The Kier molecular flexibility index (Phi) is 16.2. The molecule has 0 aliphatic carbocycles. The molecule has 0 unspecified atom stereocenters. The van der Waals surface area contributed by atoms with E-state index in [1.807, 2.05) is 39.8 Å². The predicted molar refractivity (Wildman–Crippen MR) is 75.7 cm³/mol. The first kappa shape index (κ1) is 18.3. The van der Waals surface area contributed by atoms with Gasteiger partial charge in [0.25, 0.3) is 0 Å². The Balaban J connectivity index is 0. The first-order valence-electron chi connectivity index (χ1n) is 6.60. The van der Waals surface area contributed by atoms with E-state index in [0.717, 1.165) is 25.0 Å². The topological polar surface area (TPSA) is 29.5 Å². The number of ether oxygens (including phenoxy) is 1. The minimum atomic E-state index is 0.288. The van der Waals surface area contributed by atoms with Crippen LogP contribution in [0.15, 0.2) is 24.3 Å². The summed E-state index contributed by atoms with van der Waals surface area (Å²) in [6, 6.07) is 8.06. The Morgan fingerprint density at radius 3 is 1.88 bits per heavy atom. The molecule has 1 rings (SSSR count). The molecule has 0 bridgehead atoms. The second-order valence-corrected chi connectivity index (χ2v) is 3.03. The lowest BCUT2D eigenvalue weighted by Crippen LogP contribution is -1.89. The molecule has 0 aliphatic heterocycles. The van der Waals surface area contributed by atoms with Crippen molar-refractivity contribution in [1.82, 2.24) is 0 Å². The molecule has 0 radical (unpaired) electrons. The zero-order valence-corrected chi connectivity index (χ0v) is 12.0. The largest absolute Gasteiger partial charge is 0.497 e.